The molecule has 2 aromatic rings. The maximum atomic E-state index is 12.1. The van der Waals surface area contributed by atoms with Gasteiger partial charge in [-0.1, -0.05) is 24.3 Å². The van der Waals surface area contributed by atoms with Crippen molar-refractivity contribution in [1.82, 2.24) is 15.5 Å². The molecule has 2 rings (SSSR count). The van der Waals surface area contributed by atoms with Crippen molar-refractivity contribution in [2.24, 2.45) is 0 Å². The number of para-hydroxylation sites is 1. The summed E-state index contributed by atoms with van der Waals surface area (Å²) in [5, 5.41) is 13.6. The first-order chi connectivity index (χ1) is 10.7. The summed E-state index contributed by atoms with van der Waals surface area (Å²) in [6.07, 6.45) is 1.72. The Morgan fingerprint density at radius 2 is 2.09 bits per heavy atom. The van der Waals surface area contributed by atoms with Crippen LogP contribution in [0.5, 0.6) is 5.75 Å². The molecular weight excluding hydrogens is 280 g/mol. The van der Waals surface area contributed by atoms with Crippen LogP contribution in [-0.4, -0.2) is 29.8 Å². The molecule has 0 aliphatic heterocycles. The minimum atomic E-state index is -0.284. The molecule has 0 aliphatic rings. The first-order valence-corrected chi connectivity index (χ1v) is 6.83. The number of carbonyl (C=O) groups is 1. The average Bonchev–Trinajstić information content (AvgIpc) is 2.58. The van der Waals surface area contributed by atoms with Crippen molar-refractivity contribution in [3.8, 4) is 5.75 Å². The van der Waals surface area contributed by atoms with E-state index in [1.165, 1.54) is 0 Å². The number of carbonyl (C=O) groups excluding carboxylic acids is 1. The number of methoxy groups -OCH3 is 1. The van der Waals surface area contributed by atoms with Gasteiger partial charge in [-0.25, -0.2) is 0 Å². The van der Waals surface area contributed by atoms with E-state index in [1.54, 1.807) is 25.3 Å². The molecule has 22 heavy (non-hydrogen) atoms. The van der Waals surface area contributed by atoms with Crippen LogP contribution < -0.4 is 15.4 Å². The van der Waals surface area contributed by atoms with Crippen LogP contribution in [0.15, 0.2) is 49.1 Å². The predicted molar refractivity (Wildman–Crippen MR) is 84.9 cm³/mol. The summed E-state index contributed by atoms with van der Waals surface area (Å²) in [4.78, 5) is 12.1. The van der Waals surface area contributed by atoms with Crippen molar-refractivity contribution in [2.45, 2.75) is 6.54 Å². The SMILES string of the molecule is C=CCNc1ccc(C(=O)NCc2ccccc2OC)nn1. The molecule has 0 bridgehead atoms. The molecule has 0 saturated carbocycles. The highest BCUT2D eigenvalue weighted by molar-refractivity contribution is 5.92. The smallest absolute Gasteiger partial charge is 0.272 e. The Balaban J connectivity index is 1.95. The van der Waals surface area contributed by atoms with Crippen LogP contribution in [-0.2, 0) is 6.54 Å². The van der Waals surface area contributed by atoms with E-state index in [9.17, 15) is 4.79 Å². The summed E-state index contributed by atoms with van der Waals surface area (Å²) in [6.45, 7) is 4.56. The minimum absolute atomic E-state index is 0.263. The van der Waals surface area contributed by atoms with E-state index in [1.807, 2.05) is 24.3 Å². The van der Waals surface area contributed by atoms with E-state index in [0.717, 1.165) is 11.3 Å². The lowest BCUT2D eigenvalue weighted by Gasteiger charge is -2.09. The van der Waals surface area contributed by atoms with Gasteiger partial charge in [-0.15, -0.1) is 16.8 Å². The Bertz CT molecular complexity index is 641. The van der Waals surface area contributed by atoms with Gasteiger partial charge in [-0.05, 0) is 18.2 Å². The van der Waals surface area contributed by atoms with Crippen molar-refractivity contribution in [3.05, 3.63) is 60.3 Å². The number of hydrogen-bond acceptors (Lipinski definition) is 5. The first kappa shape index (κ1) is 15.5. The van der Waals surface area contributed by atoms with Gasteiger partial charge in [0.05, 0.1) is 7.11 Å². The summed E-state index contributed by atoms with van der Waals surface area (Å²) < 4.78 is 5.24. The molecule has 1 aromatic heterocycles. The highest BCUT2D eigenvalue weighted by Gasteiger charge is 2.09. The van der Waals surface area contributed by atoms with E-state index in [0.29, 0.717) is 18.9 Å². The number of amides is 1. The predicted octanol–water partition coefficient (Wildman–Crippen LogP) is 2.01. The third-order valence-electron chi connectivity index (χ3n) is 2.96. The van der Waals surface area contributed by atoms with Crippen molar-refractivity contribution in [1.29, 1.82) is 0 Å². The second-order valence-electron chi connectivity index (χ2n) is 4.47. The van der Waals surface area contributed by atoms with Gasteiger partial charge in [0.1, 0.15) is 11.6 Å². The fraction of sp³-hybridized carbons (Fsp3) is 0.188. The number of anilines is 1. The zero-order chi connectivity index (χ0) is 15.8. The zero-order valence-corrected chi connectivity index (χ0v) is 12.4. The molecule has 114 valence electrons. The standard InChI is InChI=1S/C16H18N4O2/c1-3-10-17-15-9-8-13(19-20-15)16(21)18-11-12-6-4-5-7-14(12)22-2/h3-9H,1,10-11H2,2H3,(H,17,20)(H,18,21). The summed E-state index contributed by atoms with van der Waals surface area (Å²) >= 11 is 0. The Morgan fingerprint density at radius 3 is 2.77 bits per heavy atom. The van der Waals surface area contributed by atoms with Crippen LogP contribution in [0, 0.1) is 0 Å². The molecule has 0 aliphatic carbocycles. The van der Waals surface area contributed by atoms with Crippen LogP contribution in [0.4, 0.5) is 5.82 Å². The lowest BCUT2D eigenvalue weighted by Crippen LogP contribution is -2.24. The molecule has 0 unspecified atom stereocenters. The maximum Gasteiger partial charge on any atom is 0.272 e. The van der Waals surface area contributed by atoms with Gasteiger partial charge in [0.25, 0.3) is 5.91 Å². The average molecular weight is 298 g/mol. The van der Waals surface area contributed by atoms with Crippen LogP contribution in [0.3, 0.4) is 0 Å². The Kier molecular flexibility index (Phi) is 5.48. The third kappa shape index (κ3) is 4.05. The van der Waals surface area contributed by atoms with E-state index >= 15 is 0 Å². The summed E-state index contributed by atoms with van der Waals surface area (Å²) in [5.74, 6) is 1.05. The molecule has 6 nitrogen and oxygen atoms in total. The van der Waals surface area contributed by atoms with E-state index < -0.39 is 0 Å². The molecule has 1 amide bonds. The number of hydrogen-bond donors (Lipinski definition) is 2. The Morgan fingerprint density at radius 1 is 1.27 bits per heavy atom. The van der Waals surface area contributed by atoms with Crippen molar-refractivity contribution < 1.29 is 9.53 Å². The number of aromatic nitrogens is 2. The van der Waals surface area contributed by atoms with Gasteiger partial charge in [0.15, 0.2) is 5.69 Å². The van der Waals surface area contributed by atoms with Crippen LogP contribution in [0.25, 0.3) is 0 Å². The van der Waals surface area contributed by atoms with Gasteiger partial charge in [-0.2, -0.15) is 0 Å². The molecule has 0 spiro atoms. The monoisotopic (exact) mass is 298 g/mol. The summed E-state index contributed by atoms with van der Waals surface area (Å²) in [5.41, 5.74) is 1.16. The number of ether oxygens (including phenoxy) is 1. The number of nitrogens with zero attached hydrogens (tertiary/aromatic N) is 2. The van der Waals surface area contributed by atoms with Crippen LogP contribution in [0.2, 0.25) is 0 Å². The van der Waals surface area contributed by atoms with E-state index in [2.05, 4.69) is 27.4 Å². The molecule has 6 heteroatoms. The molecule has 1 heterocycles. The Labute approximate surface area is 129 Å². The lowest BCUT2D eigenvalue weighted by molar-refractivity contribution is 0.0944. The van der Waals surface area contributed by atoms with Crippen LogP contribution >= 0.6 is 0 Å². The molecule has 0 radical (unpaired) electrons. The van der Waals surface area contributed by atoms with Gasteiger partial charge >= 0.3 is 0 Å². The molecule has 0 atom stereocenters. The molecule has 1 aromatic carbocycles. The van der Waals surface area contributed by atoms with Gasteiger partial charge in [0.2, 0.25) is 0 Å². The molecule has 0 fully saturated rings. The molecular formula is C16H18N4O2. The number of nitrogens with one attached hydrogen (secondary N) is 2. The molecule has 0 saturated heterocycles. The van der Waals surface area contributed by atoms with Crippen molar-refractivity contribution in [3.63, 3.8) is 0 Å². The first-order valence-electron chi connectivity index (χ1n) is 6.83. The zero-order valence-electron chi connectivity index (χ0n) is 12.4. The van der Waals surface area contributed by atoms with E-state index in [4.69, 9.17) is 4.74 Å². The second-order valence-corrected chi connectivity index (χ2v) is 4.47. The van der Waals surface area contributed by atoms with Gasteiger partial charge in [-0.3, -0.25) is 4.79 Å². The summed E-state index contributed by atoms with van der Waals surface area (Å²) in [6, 6.07) is 10.8. The van der Waals surface area contributed by atoms with Crippen molar-refractivity contribution in [2.75, 3.05) is 19.0 Å². The van der Waals surface area contributed by atoms with E-state index in [-0.39, 0.29) is 11.6 Å². The van der Waals surface area contributed by atoms with Gasteiger partial charge < -0.3 is 15.4 Å². The maximum absolute atomic E-state index is 12.1. The third-order valence-corrected chi connectivity index (χ3v) is 2.96. The Hall–Kier alpha value is -2.89. The number of rotatable bonds is 7. The van der Waals surface area contributed by atoms with Crippen molar-refractivity contribution >= 4 is 11.7 Å². The normalized spacial score (nSPS) is 9.86. The fourth-order valence-corrected chi connectivity index (χ4v) is 1.84. The quantitative estimate of drug-likeness (QED) is 0.765. The minimum Gasteiger partial charge on any atom is -0.496 e. The highest BCUT2D eigenvalue weighted by Crippen LogP contribution is 2.16. The lowest BCUT2D eigenvalue weighted by atomic mass is 10.2. The topological polar surface area (TPSA) is 76.1 Å². The highest BCUT2D eigenvalue weighted by atomic mass is 16.5. The fourth-order valence-electron chi connectivity index (χ4n) is 1.84. The molecule has 2 N–H and O–H groups in total. The summed E-state index contributed by atoms with van der Waals surface area (Å²) in [7, 11) is 1.60. The number of benzene rings is 1. The largest absolute Gasteiger partial charge is 0.496 e. The second kappa shape index (κ2) is 7.78. The van der Waals surface area contributed by atoms with Gasteiger partial charge in [0, 0.05) is 18.7 Å². The van der Waals surface area contributed by atoms with Crippen LogP contribution in [0.1, 0.15) is 16.1 Å².